The van der Waals surface area contributed by atoms with Gasteiger partial charge in [-0.15, -0.1) is 0 Å². The molecule has 0 saturated carbocycles. The second-order valence-corrected chi connectivity index (χ2v) is 16.9. The number of hydrogen-bond donors (Lipinski definition) is 0. The molecule has 0 heterocycles. The Morgan fingerprint density at radius 3 is 1.09 bits per heavy atom. The van der Waals surface area contributed by atoms with Gasteiger partial charge in [0.05, 0.1) is 19.8 Å². The van der Waals surface area contributed by atoms with Crippen molar-refractivity contribution in [1.29, 1.82) is 0 Å². The van der Waals surface area contributed by atoms with Gasteiger partial charge in [-0.05, 0) is 95.7 Å². The fourth-order valence-corrected chi connectivity index (χ4v) is 7.74. The van der Waals surface area contributed by atoms with E-state index in [0.717, 1.165) is 71.0 Å². The molecule has 0 aliphatic rings. The monoisotopic (exact) mass is 779 g/mol. The topological polar surface area (TPSA) is 85.3 Å². The SMILES string of the molecule is CCCCCCCCC(CCCCCC)COC(=O)CCCCCN(CCCCCC(=O)OCC(CCCCCC)CCCCCCCC)CCCCN=O. The zero-order chi connectivity index (χ0) is 40.3. The van der Waals surface area contributed by atoms with E-state index in [-0.39, 0.29) is 11.9 Å². The summed E-state index contributed by atoms with van der Waals surface area (Å²) in [6.07, 6.45) is 39.4. The van der Waals surface area contributed by atoms with Gasteiger partial charge in [0.25, 0.3) is 0 Å². The first-order valence-electron chi connectivity index (χ1n) is 24.3. The maximum Gasteiger partial charge on any atom is 0.305 e. The lowest BCUT2D eigenvalue weighted by atomic mass is 9.95. The second kappa shape index (κ2) is 43.6. The number of carbonyl (C=O) groups is 2. The predicted octanol–water partition coefficient (Wildman–Crippen LogP) is 14.7. The first-order chi connectivity index (χ1) is 27.0. The number of rotatable bonds is 45. The standard InChI is InChI=1S/C48H94N2O5/c1-5-9-13-17-19-25-35-45(33-23-15-11-7-3)43-54-47(51)37-27-21-30-40-50(42-32-29-39-49-53)41-31-22-28-38-48(52)55-44-46(34-24-16-12-8-4)36-26-20-18-14-10-6-2/h45-46H,5-44H2,1-4H3. The van der Waals surface area contributed by atoms with Crippen LogP contribution in [0.15, 0.2) is 5.18 Å². The van der Waals surface area contributed by atoms with Gasteiger partial charge in [-0.25, -0.2) is 0 Å². The van der Waals surface area contributed by atoms with E-state index in [1.165, 1.54) is 154 Å². The Bertz CT molecular complexity index is 766. The Morgan fingerprint density at radius 1 is 0.418 bits per heavy atom. The van der Waals surface area contributed by atoms with Crippen molar-refractivity contribution in [2.75, 3.05) is 39.4 Å². The quantitative estimate of drug-likeness (QED) is 0.0348. The molecular formula is C48H94N2O5. The fraction of sp³-hybridized carbons (Fsp3) is 0.958. The van der Waals surface area contributed by atoms with Crippen LogP contribution in [0.3, 0.4) is 0 Å². The van der Waals surface area contributed by atoms with E-state index >= 15 is 0 Å². The van der Waals surface area contributed by atoms with Crippen molar-refractivity contribution in [3.05, 3.63) is 4.91 Å². The third kappa shape index (κ3) is 39.1. The molecule has 0 amide bonds. The van der Waals surface area contributed by atoms with Crippen molar-refractivity contribution in [1.82, 2.24) is 4.90 Å². The number of nitrogens with zero attached hydrogens (tertiary/aromatic N) is 2. The Labute approximate surface area is 342 Å². The van der Waals surface area contributed by atoms with E-state index in [1.807, 2.05) is 0 Å². The highest BCUT2D eigenvalue weighted by Crippen LogP contribution is 2.21. The molecule has 0 aromatic carbocycles. The van der Waals surface area contributed by atoms with E-state index in [2.05, 4.69) is 37.8 Å². The van der Waals surface area contributed by atoms with Crippen LogP contribution in [0.4, 0.5) is 0 Å². The number of esters is 2. The van der Waals surface area contributed by atoms with Gasteiger partial charge in [-0.1, -0.05) is 174 Å². The number of nitroso groups, excluding NO2 is 1. The van der Waals surface area contributed by atoms with Gasteiger partial charge in [0.1, 0.15) is 0 Å². The smallest absolute Gasteiger partial charge is 0.305 e. The van der Waals surface area contributed by atoms with Gasteiger partial charge in [0.2, 0.25) is 0 Å². The molecule has 2 unspecified atom stereocenters. The summed E-state index contributed by atoms with van der Waals surface area (Å²) in [5.41, 5.74) is 0. The summed E-state index contributed by atoms with van der Waals surface area (Å²) in [5.74, 6) is 0.965. The van der Waals surface area contributed by atoms with E-state index < -0.39 is 0 Å². The molecule has 0 radical (unpaired) electrons. The van der Waals surface area contributed by atoms with Gasteiger partial charge in [-0.3, -0.25) is 9.59 Å². The van der Waals surface area contributed by atoms with Crippen molar-refractivity contribution in [2.24, 2.45) is 17.0 Å². The van der Waals surface area contributed by atoms with Gasteiger partial charge >= 0.3 is 11.9 Å². The third-order valence-electron chi connectivity index (χ3n) is 11.5. The maximum absolute atomic E-state index is 12.6. The van der Waals surface area contributed by atoms with Crippen LogP contribution in [0.1, 0.15) is 246 Å². The molecular weight excluding hydrogens is 685 g/mol. The summed E-state index contributed by atoms with van der Waals surface area (Å²) in [4.78, 5) is 38.4. The lowest BCUT2D eigenvalue weighted by Crippen LogP contribution is -2.27. The minimum Gasteiger partial charge on any atom is -0.465 e. The molecule has 0 aromatic rings. The molecule has 7 nitrogen and oxygen atoms in total. The summed E-state index contributed by atoms with van der Waals surface area (Å²) < 4.78 is 11.6. The lowest BCUT2D eigenvalue weighted by Gasteiger charge is -2.22. The zero-order valence-electron chi connectivity index (χ0n) is 37.4. The normalized spacial score (nSPS) is 12.6. The van der Waals surface area contributed by atoms with Crippen LogP contribution in [-0.2, 0) is 19.1 Å². The molecule has 0 aromatic heterocycles. The van der Waals surface area contributed by atoms with Crippen molar-refractivity contribution in [3.8, 4) is 0 Å². The van der Waals surface area contributed by atoms with Crippen molar-refractivity contribution in [3.63, 3.8) is 0 Å². The van der Waals surface area contributed by atoms with Crippen LogP contribution in [0.25, 0.3) is 0 Å². The number of unbranched alkanes of at least 4 members (excludes halogenated alkanes) is 21. The van der Waals surface area contributed by atoms with Gasteiger partial charge in [0.15, 0.2) is 0 Å². The first kappa shape index (κ1) is 53.5. The number of ether oxygens (including phenoxy) is 2. The number of carbonyl (C=O) groups excluding carboxylic acids is 2. The van der Waals surface area contributed by atoms with Gasteiger partial charge < -0.3 is 14.4 Å². The van der Waals surface area contributed by atoms with Crippen LogP contribution in [0, 0.1) is 16.7 Å². The molecule has 0 aliphatic heterocycles. The molecule has 0 saturated heterocycles. The largest absolute Gasteiger partial charge is 0.465 e. The van der Waals surface area contributed by atoms with Crippen molar-refractivity contribution in [2.45, 2.75) is 246 Å². The summed E-state index contributed by atoms with van der Waals surface area (Å²) in [5, 5.41) is 3.03. The van der Waals surface area contributed by atoms with Crippen LogP contribution in [0.2, 0.25) is 0 Å². The summed E-state index contributed by atoms with van der Waals surface area (Å²) >= 11 is 0. The maximum atomic E-state index is 12.6. The minimum atomic E-state index is -0.0291. The van der Waals surface area contributed by atoms with Gasteiger partial charge in [-0.2, -0.15) is 4.91 Å². The predicted molar refractivity (Wildman–Crippen MR) is 236 cm³/mol. The number of hydrogen-bond acceptors (Lipinski definition) is 7. The Balaban J connectivity index is 4.46. The molecule has 55 heavy (non-hydrogen) atoms. The molecule has 0 aliphatic carbocycles. The fourth-order valence-electron chi connectivity index (χ4n) is 7.74. The van der Waals surface area contributed by atoms with E-state index in [1.54, 1.807) is 0 Å². The molecule has 7 heteroatoms. The molecule has 0 bridgehead atoms. The molecule has 0 N–H and O–H groups in total. The zero-order valence-corrected chi connectivity index (χ0v) is 37.4. The van der Waals surface area contributed by atoms with E-state index in [9.17, 15) is 14.5 Å². The average molecular weight is 779 g/mol. The molecule has 326 valence electrons. The minimum absolute atomic E-state index is 0.0291. The summed E-state index contributed by atoms with van der Waals surface area (Å²) in [6, 6.07) is 0. The first-order valence-corrected chi connectivity index (χ1v) is 24.3. The molecule has 0 spiro atoms. The van der Waals surface area contributed by atoms with Crippen molar-refractivity contribution < 1.29 is 19.1 Å². The average Bonchev–Trinajstić information content (AvgIpc) is 3.19. The Kier molecular flexibility index (Phi) is 42.4. The molecule has 0 fully saturated rings. The second-order valence-electron chi connectivity index (χ2n) is 16.9. The summed E-state index contributed by atoms with van der Waals surface area (Å²) in [6.45, 7) is 13.6. The van der Waals surface area contributed by atoms with E-state index in [4.69, 9.17) is 9.47 Å². The third-order valence-corrected chi connectivity index (χ3v) is 11.5. The lowest BCUT2D eigenvalue weighted by molar-refractivity contribution is -0.146. The van der Waals surface area contributed by atoms with Crippen LogP contribution in [-0.4, -0.2) is 56.2 Å². The molecule has 2 atom stereocenters. The van der Waals surface area contributed by atoms with Crippen LogP contribution < -0.4 is 0 Å². The highest BCUT2D eigenvalue weighted by molar-refractivity contribution is 5.69. The Hall–Kier alpha value is -1.50. The Morgan fingerprint density at radius 2 is 0.727 bits per heavy atom. The van der Waals surface area contributed by atoms with E-state index in [0.29, 0.717) is 44.4 Å². The highest BCUT2D eigenvalue weighted by atomic mass is 16.5. The van der Waals surface area contributed by atoms with Gasteiger partial charge in [0, 0.05) is 12.8 Å². The highest BCUT2D eigenvalue weighted by Gasteiger charge is 2.14. The van der Waals surface area contributed by atoms with Crippen molar-refractivity contribution >= 4 is 11.9 Å². The van der Waals surface area contributed by atoms with Crippen LogP contribution in [0.5, 0.6) is 0 Å². The van der Waals surface area contributed by atoms with Crippen LogP contribution >= 0.6 is 0 Å². The summed E-state index contributed by atoms with van der Waals surface area (Å²) in [7, 11) is 0. The molecule has 0 rings (SSSR count).